The maximum atomic E-state index is 12.2. The maximum Gasteiger partial charge on any atom is 0.234 e. The highest BCUT2D eigenvalue weighted by molar-refractivity contribution is 7.99. The van der Waals surface area contributed by atoms with Crippen molar-refractivity contribution in [3.63, 3.8) is 0 Å². The quantitative estimate of drug-likeness (QED) is 0.583. The SMILES string of the molecule is CCN(CC)CCOc1cc(NC(=O)CSCc2cccnc2)ccc1OC. The van der Waals surface area contributed by atoms with Crippen molar-refractivity contribution < 1.29 is 14.3 Å². The summed E-state index contributed by atoms with van der Waals surface area (Å²) in [6, 6.07) is 9.34. The molecular formula is C21H29N3O3S. The molecular weight excluding hydrogens is 374 g/mol. The second-order valence-electron chi connectivity index (χ2n) is 6.14. The summed E-state index contributed by atoms with van der Waals surface area (Å²) in [5.74, 6) is 2.37. The average molecular weight is 404 g/mol. The van der Waals surface area contributed by atoms with E-state index in [1.807, 2.05) is 36.5 Å². The first kappa shape index (κ1) is 22.0. The number of benzene rings is 1. The fourth-order valence-corrected chi connectivity index (χ4v) is 3.40. The van der Waals surface area contributed by atoms with Crippen LogP contribution in [0.3, 0.4) is 0 Å². The van der Waals surface area contributed by atoms with E-state index in [1.165, 1.54) is 0 Å². The molecule has 2 rings (SSSR count). The molecule has 1 aromatic carbocycles. The van der Waals surface area contributed by atoms with Gasteiger partial charge in [-0.3, -0.25) is 9.78 Å². The Balaban J connectivity index is 1.85. The van der Waals surface area contributed by atoms with E-state index in [1.54, 1.807) is 25.1 Å². The van der Waals surface area contributed by atoms with E-state index in [2.05, 4.69) is 29.0 Å². The van der Waals surface area contributed by atoms with Crippen LogP contribution < -0.4 is 14.8 Å². The molecule has 0 saturated heterocycles. The zero-order valence-corrected chi connectivity index (χ0v) is 17.6. The third-order valence-corrected chi connectivity index (χ3v) is 5.24. The number of rotatable bonds is 12. The highest BCUT2D eigenvalue weighted by atomic mass is 32.2. The first-order valence-electron chi connectivity index (χ1n) is 9.46. The molecule has 0 spiro atoms. The monoisotopic (exact) mass is 403 g/mol. The zero-order chi connectivity index (χ0) is 20.2. The van der Waals surface area contributed by atoms with Gasteiger partial charge in [0.25, 0.3) is 0 Å². The van der Waals surface area contributed by atoms with Crippen molar-refractivity contribution >= 4 is 23.4 Å². The summed E-state index contributed by atoms with van der Waals surface area (Å²) in [6.45, 7) is 7.65. The van der Waals surface area contributed by atoms with Gasteiger partial charge in [-0.15, -0.1) is 11.8 Å². The van der Waals surface area contributed by atoms with Gasteiger partial charge in [-0.25, -0.2) is 0 Å². The number of pyridine rings is 1. The van der Waals surface area contributed by atoms with E-state index in [-0.39, 0.29) is 5.91 Å². The molecule has 0 unspecified atom stereocenters. The number of ether oxygens (including phenoxy) is 2. The summed E-state index contributed by atoms with van der Waals surface area (Å²) in [7, 11) is 1.61. The van der Waals surface area contributed by atoms with Crippen LogP contribution in [-0.4, -0.2) is 54.9 Å². The number of hydrogen-bond acceptors (Lipinski definition) is 6. The Bertz CT molecular complexity index is 724. The number of carbonyl (C=O) groups is 1. The number of amides is 1. The van der Waals surface area contributed by atoms with Gasteiger partial charge in [0.1, 0.15) is 6.61 Å². The van der Waals surface area contributed by atoms with Gasteiger partial charge in [0, 0.05) is 36.4 Å². The van der Waals surface area contributed by atoms with E-state index in [0.717, 1.165) is 31.0 Å². The molecule has 6 nitrogen and oxygen atoms in total. The largest absolute Gasteiger partial charge is 0.493 e. The van der Waals surface area contributed by atoms with Crippen molar-refractivity contribution in [2.24, 2.45) is 0 Å². The molecule has 1 aromatic heterocycles. The highest BCUT2D eigenvalue weighted by Gasteiger charge is 2.09. The van der Waals surface area contributed by atoms with Gasteiger partial charge < -0.3 is 19.7 Å². The van der Waals surface area contributed by atoms with Crippen LogP contribution in [0.4, 0.5) is 5.69 Å². The summed E-state index contributed by atoms with van der Waals surface area (Å²) in [6.07, 6.45) is 3.56. The fraction of sp³-hybridized carbons (Fsp3) is 0.429. The number of hydrogen-bond donors (Lipinski definition) is 1. The Morgan fingerprint density at radius 1 is 1.21 bits per heavy atom. The normalized spacial score (nSPS) is 10.7. The van der Waals surface area contributed by atoms with Crippen LogP contribution in [0.5, 0.6) is 11.5 Å². The lowest BCUT2D eigenvalue weighted by atomic mass is 10.2. The molecule has 0 aliphatic rings. The van der Waals surface area contributed by atoms with Crippen molar-refractivity contribution in [2.75, 3.05) is 44.4 Å². The van der Waals surface area contributed by atoms with Gasteiger partial charge in [-0.2, -0.15) is 0 Å². The maximum absolute atomic E-state index is 12.2. The molecule has 0 fully saturated rings. The average Bonchev–Trinajstić information content (AvgIpc) is 2.72. The molecule has 0 aliphatic carbocycles. The first-order valence-corrected chi connectivity index (χ1v) is 10.6. The van der Waals surface area contributed by atoms with Gasteiger partial charge in [-0.05, 0) is 36.9 Å². The number of aromatic nitrogens is 1. The Morgan fingerprint density at radius 3 is 2.71 bits per heavy atom. The minimum atomic E-state index is -0.0480. The van der Waals surface area contributed by atoms with Gasteiger partial charge >= 0.3 is 0 Å². The van der Waals surface area contributed by atoms with Gasteiger partial charge in [0.15, 0.2) is 11.5 Å². The standard InChI is InChI=1S/C21H29N3O3S/c1-4-24(5-2)11-12-27-20-13-18(8-9-19(20)26-3)23-21(25)16-28-15-17-7-6-10-22-14-17/h6-10,13-14H,4-5,11-12,15-16H2,1-3H3,(H,23,25). The molecule has 0 saturated carbocycles. The minimum absolute atomic E-state index is 0.0480. The second kappa shape index (κ2) is 12.3. The molecule has 1 heterocycles. The number of nitrogens with one attached hydrogen (secondary N) is 1. The van der Waals surface area contributed by atoms with E-state index < -0.39 is 0 Å². The number of likely N-dealkylation sites (N-methyl/N-ethyl adjacent to an activating group) is 1. The van der Waals surface area contributed by atoms with Crippen LogP contribution in [0, 0.1) is 0 Å². The molecule has 0 radical (unpaired) electrons. The Morgan fingerprint density at radius 2 is 2.04 bits per heavy atom. The Hall–Kier alpha value is -2.25. The summed E-state index contributed by atoms with van der Waals surface area (Å²) >= 11 is 1.55. The molecule has 28 heavy (non-hydrogen) atoms. The number of methoxy groups -OCH3 is 1. The zero-order valence-electron chi connectivity index (χ0n) is 16.8. The summed E-state index contributed by atoms with van der Waals surface area (Å²) in [5.41, 5.74) is 1.80. The van der Waals surface area contributed by atoms with Crippen LogP contribution in [0.1, 0.15) is 19.4 Å². The van der Waals surface area contributed by atoms with Crippen molar-refractivity contribution in [1.82, 2.24) is 9.88 Å². The Labute approximate surface area is 171 Å². The van der Waals surface area contributed by atoms with Crippen LogP contribution in [0.15, 0.2) is 42.7 Å². The number of thioether (sulfide) groups is 1. The smallest absolute Gasteiger partial charge is 0.234 e. The van der Waals surface area contributed by atoms with E-state index in [0.29, 0.717) is 29.5 Å². The number of carbonyl (C=O) groups excluding carboxylic acids is 1. The predicted molar refractivity (Wildman–Crippen MR) is 115 cm³/mol. The third kappa shape index (κ3) is 7.40. The van der Waals surface area contributed by atoms with E-state index in [9.17, 15) is 4.79 Å². The van der Waals surface area contributed by atoms with Crippen molar-refractivity contribution in [2.45, 2.75) is 19.6 Å². The highest BCUT2D eigenvalue weighted by Crippen LogP contribution is 2.30. The van der Waals surface area contributed by atoms with Gasteiger partial charge in [-0.1, -0.05) is 19.9 Å². The molecule has 152 valence electrons. The van der Waals surface area contributed by atoms with Crippen LogP contribution in [-0.2, 0) is 10.5 Å². The van der Waals surface area contributed by atoms with Crippen LogP contribution in [0.2, 0.25) is 0 Å². The van der Waals surface area contributed by atoms with Gasteiger partial charge in [0.2, 0.25) is 5.91 Å². The number of nitrogens with zero attached hydrogens (tertiary/aromatic N) is 2. The predicted octanol–water partition coefficient (Wildman–Crippen LogP) is 3.68. The van der Waals surface area contributed by atoms with Crippen LogP contribution >= 0.6 is 11.8 Å². The van der Waals surface area contributed by atoms with E-state index >= 15 is 0 Å². The van der Waals surface area contributed by atoms with Crippen molar-refractivity contribution in [1.29, 1.82) is 0 Å². The molecule has 1 N–H and O–H groups in total. The molecule has 0 atom stereocenters. The van der Waals surface area contributed by atoms with Crippen LogP contribution in [0.25, 0.3) is 0 Å². The third-order valence-electron chi connectivity index (χ3n) is 4.23. The summed E-state index contributed by atoms with van der Waals surface area (Å²) in [4.78, 5) is 18.6. The summed E-state index contributed by atoms with van der Waals surface area (Å²) in [5, 5.41) is 2.92. The lowest BCUT2D eigenvalue weighted by molar-refractivity contribution is -0.113. The topological polar surface area (TPSA) is 63.7 Å². The lowest BCUT2D eigenvalue weighted by Gasteiger charge is -2.19. The molecule has 0 aliphatic heterocycles. The van der Waals surface area contributed by atoms with Crippen molar-refractivity contribution in [3.8, 4) is 11.5 Å². The molecule has 1 amide bonds. The van der Waals surface area contributed by atoms with Gasteiger partial charge in [0.05, 0.1) is 12.9 Å². The summed E-state index contributed by atoms with van der Waals surface area (Å²) < 4.78 is 11.3. The molecule has 2 aromatic rings. The van der Waals surface area contributed by atoms with Crippen molar-refractivity contribution in [3.05, 3.63) is 48.3 Å². The minimum Gasteiger partial charge on any atom is -0.493 e. The lowest BCUT2D eigenvalue weighted by Crippen LogP contribution is -2.28. The first-order chi connectivity index (χ1) is 13.7. The fourth-order valence-electron chi connectivity index (χ4n) is 2.63. The number of anilines is 1. The molecule has 0 bridgehead atoms. The Kier molecular flexibility index (Phi) is 9.65. The molecule has 7 heteroatoms. The second-order valence-corrected chi connectivity index (χ2v) is 7.13. The van der Waals surface area contributed by atoms with E-state index in [4.69, 9.17) is 9.47 Å².